The van der Waals surface area contributed by atoms with Crippen LogP contribution < -0.4 is 0 Å². The second-order valence-electron chi connectivity index (χ2n) is 3.92. The average molecular weight is 282 g/mol. The summed E-state index contributed by atoms with van der Waals surface area (Å²) < 4.78 is 5.04. The molecule has 2 aromatic rings. The third kappa shape index (κ3) is 2.89. The Morgan fingerprint density at radius 3 is 2.67 bits per heavy atom. The minimum absolute atomic E-state index is 0.552. The minimum Gasteiger partial charge on any atom is -0.501 e. The Morgan fingerprint density at radius 2 is 1.94 bits per heavy atom. The van der Waals surface area contributed by atoms with Crippen LogP contribution in [0.2, 0.25) is 10.0 Å². The maximum absolute atomic E-state index is 5.97. The van der Waals surface area contributed by atoms with E-state index in [0.29, 0.717) is 10.0 Å². The van der Waals surface area contributed by atoms with Gasteiger partial charge in [-0.1, -0.05) is 29.3 Å². The molecule has 2 rings (SSSR count). The Labute approximate surface area is 116 Å². The molecule has 94 valence electrons. The van der Waals surface area contributed by atoms with Crippen LogP contribution in [0.25, 0.3) is 17.0 Å². The van der Waals surface area contributed by atoms with E-state index in [1.165, 1.54) is 0 Å². The van der Waals surface area contributed by atoms with Gasteiger partial charge in [-0.2, -0.15) is 0 Å². The average Bonchev–Trinajstić information content (AvgIpc) is 2.71. The highest BCUT2D eigenvalue weighted by Gasteiger charge is 2.03. The van der Waals surface area contributed by atoms with Gasteiger partial charge in [0.1, 0.15) is 0 Å². The Morgan fingerprint density at radius 1 is 1.22 bits per heavy atom. The SMILES string of the molecule is CO/C(C)=C\C=C\c1cc2cc(Cl)c(Cl)cc2[nH]1. The normalized spacial score (nSPS) is 12.6. The van der Waals surface area contributed by atoms with Crippen LogP contribution in [0.4, 0.5) is 0 Å². The van der Waals surface area contributed by atoms with Crippen LogP contribution in [0, 0.1) is 0 Å². The van der Waals surface area contributed by atoms with Crippen molar-refractivity contribution in [1.29, 1.82) is 0 Å². The number of hydrogen-bond acceptors (Lipinski definition) is 1. The van der Waals surface area contributed by atoms with Crippen molar-refractivity contribution in [2.75, 3.05) is 7.11 Å². The molecule has 1 N–H and O–H groups in total. The summed E-state index contributed by atoms with van der Waals surface area (Å²) in [6.07, 6.45) is 5.78. The molecule has 1 aromatic carbocycles. The molecule has 0 saturated heterocycles. The van der Waals surface area contributed by atoms with Crippen molar-refractivity contribution in [3.05, 3.63) is 51.8 Å². The van der Waals surface area contributed by atoms with Crippen LogP contribution >= 0.6 is 23.2 Å². The number of aromatic amines is 1. The second-order valence-corrected chi connectivity index (χ2v) is 4.73. The monoisotopic (exact) mass is 281 g/mol. The van der Waals surface area contributed by atoms with Crippen molar-refractivity contribution in [2.24, 2.45) is 0 Å². The number of hydrogen-bond donors (Lipinski definition) is 1. The molecular formula is C14H13Cl2NO. The molecule has 0 aliphatic rings. The fraction of sp³-hybridized carbons (Fsp3) is 0.143. The molecule has 4 heteroatoms. The highest BCUT2D eigenvalue weighted by molar-refractivity contribution is 6.42. The van der Waals surface area contributed by atoms with Crippen LogP contribution in [0.5, 0.6) is 0 Å². The molecule has 0 aliphatic carbocycles. The molecule has 0 radical (unpaired) electrons. The van der Waals surface area contributed by atoms with E-state index in [2.05, 4.69) is 4.98 Å². The molecule has 0 bridgehead atoms. The number of nitrogens with one attached hydrogen (secondary N) is 1. The van der Waals surface area contributed by atoms with Gasteiger partial charge in [0.15, 0.2) is 0 Å². The fourth-order valence-electron chi connectivity index (χ4n) is 1.59. The van der Waals surface area contributed by atoms with Gasteiger partial charge in [-0.15, -0.1) is 0 Å². The molecule has 0 fully saturated rings. The number of benzene rings is 1. The topological polar surface area (TPSA) is 25.0 Å². The molecular weight excluding hydrogens is 269 g/mol. The molecule has 0 spiro atoms. The van der Waals surface area contributed by atoms with Gasteiger partial charge < -0.3 is 9.72 Å². The molecule has 0 atom stereocenters. The highest BCUT2D eigenvalue weighted by Crippen LogP contribution is 2.28. The quantitative estimate of drug-likeness (QED) is 0.619. The summed E-state index contributed by atoms with van der Waals surface area (Å²) in [7, 11) is 1.65. The van der Waals surface area contributed by atoms with Crippen LogP contribution in [0.15, 0.2) is 36.1 Å². The number of allylic oxidation sites excluding steroid dienone is 3. The number of H-pyrrole nitrogens is 1. The predicted molar refractivity (Wildman–Crippen MR) is 78.1 cm³/mol. The lowest BCUT2D eigenvalue weighted by molar-refractivity contribution is 0.294. The van der Waals surface area contributed by atoms with E-state index >= 15 is 0 Å². The Kier molecular flexibility index (Phi) is 4.00. The van der Waals surface area contributed by atoms with Crippen molar-refractivity contribution in [1.82, 2.24) is 4.98 Å². The number of rotatable bonds is 3. The number of halogens is 2. The summed E-state index contributed by atoms with van der Waals surface area (Å²) in [5, 5.41) is 2.15. The zero-order valence-electron chi connectivity index (χ0n) is 10.1. The van der Waals surface area contributed by atoms with Crippen molar-refractivity contribution in [2.45, 2.75) is 6.92 Å². The molecule has 1 heterocycles. The lowest BCUT2D eigenvalue weighted by Gasteiger charge is -1.94. The third-order valence-electron chi connectivity index (χ3n) is 2.61. The summed E-state index contributed by atoms with van der Waals surface area (Å²) in [5.41, 5.74) is 1.96. The van der Waals surface area contributed by atoms with Crippen molar-refractivity contribution in [3.63, 3.8) is 0 Å². The number of ether oxygens (including phenoxy) is 1. The Bertz CT molecular complexity index is 587. The van der Waals surface area contributed by atoms with Crippen molar-refractivity contribution >= 4 is 40.2 Å². The zero-order chi connectivity index (χ0) is 13.1. The van der Waals surface area contributed by atoms with Gasteiger partial charge in [-0.3, -0.25) is 0 Å². The molecule has 2 nitrogen and oxygen atoms in total. The van der Waals surface area contributed by atoms with E-state index in [1.54, 1.807) is 7.11 Å². The summed E-state index contributed by atoms with van der Waals surface area (Å²) in [4.78, 5) is 3.26. The highest BCUT2D eigenvalue weighted by atomic mass is 35.5. The molecule has 0 saturated carbocycles. The number of fused-ring (bicyclic) bond motifs is 1. The first kappa shape index (κ1) is 13.1. The number of aromatic nitrogens is 1. The van der Waals surface area contributed by atoms with Gasteiger partial charge in [-0.05, 0) is 37.3 Å². The van der Waals surface area contributed by atoms with Gasteiger partial charge in [0.25, 0.3) is 0 Å². The van der Waals surface area contributed by atoms with Gasteiger partial charge in [0, 0.05) is 16.6 Å². The van der Waals surface area contributed by atoms with Gasteiger partial charge >= 0.3 is 0 Å². The lowest BCUT2D eigenvalue weighted by atomic mass is 10.2. The minimum atomic E-state index is 0.552. The molecule has 0 aliphatic heterocycles. The Hall–Kier alpha value is -1.38. The number of methoxy groups -OCH3 is 1. The zero-order valence-corrected chi connectivity index (χ0v) is 11.6. The third-order valence-corrected chi connectivity index (χ3v) is 3.33. The predicted octanol–water partition coefficient (Wildman–Crippen LogP) is 5.04. The standard InChI is InChI=1S/C14H13Cl2NO/c1-9(18-2)4-3-5-11-6-10-7-12(15)13(16)8-14(10)17-11/h3-8,17H,1-2H3/b5-3+,9-4-. The maximum Gasteiger partial charge on any atom is 0.0924 e. The Balaban J connectivity index is 2.31. The van der Waals surface area contributed by atoms with Gasteiger partial charge in [0.2, 0.25) is 0 Å². The maximum atomic E-state index is 5.97. The lowest BCUT2D eigenvalue weighted by Crippen LogP contribution is -1.76. The van der Waals surface area contributed by atoms with E-state index < -0.39 is 0 Å². The van der Waals surface area contributed by atoms with E-state index in [9.17, 15) is 0 Å². The molecule has 1 aromatic heterocycles. The summed E-state index contributed by atoms with van der Waals surface area (Å²) in [6, 6.07) is 5.69. The van der Waals surface area contributed by atoms with Crippen LogP contribution in [-0.4, -0.2) is 12.1 Å². The van der Waals surface area contributed by atoms with Crippen LogP contribution in [-0.2, 0) is 4.74 Å². The van der Waals surface area contributed by atoms with E-state index in [4.69, 9.17) is 27.9 Å². The van der Waals surface area contributed by atoms with Crippen molar-refractivity contribution < 1.29 is 4.74 Å². The first-order valence-electron chi connectivity index (χ1n) is 5.47. The van der Waals surface area contributed by atoms with Crippen molar-refractivity contribution in [3.8, 4) is 0 Å². The van der Waals surface area contributed by atoms with E-state index in [0.717, 1.165) is 22.4 Å². The van der Waals surface area contributed by atoms with Crippen LogP contribution in [0.3, 0.4) is 0 Å². The first-order chi connectivity index (χ1) is 8.60. The largest absolute Gasteiger partial charge is 0.501 e. The molecule has 0 unspecified atom stereocenters. The van der Waals surface area contributed by atoms with E-state index in [-0.39, 0.29) is 0 Å². The van der Waals surface area contributed by atoms with E-state index in [1.807, 2.05) is 43.4 Å². The molecule has 0 amide bonds. The molecule has 18 heavy (non-hydrogen) atoms. The first-order valence-corrected chi connectivity index (χ1v) is 6.22. The summed E-state index contributed by atoms with van der Waals surface area (Å²) >= 11 is 11.9. The van der Waals surface area contributed by atoms with Crippen LogP contribution in [0.1, 0.15) is 12.6 Å². The van der Waals surface area contributed by atoms with Gasteiger partial charge in [-0.25, -0.2) is 0 Å². The summed E-state index contributed by atoms with van der Waals surface area (Å²) in [5.74, 6) is 0.855. The summed E-state index contributed by atoms with van der Waals surface area (Å²) in [6.45, 7) is 1.90. The fourth-order valence-corrected chi connectivity index (χ4v) is 1.93. The van der Waals surface area contributed by atoms with Gasteiger partial charge in [0.05, 0.1) is 22.9 Å². The second kappa shape index (κ2) is 5.51. The smallest absolute Gasteiger partial charge is 0.0924 e.